The second-order valence-electron chi connectivity index (χ2n) is 4.43. The van der Waals surface area contributed by atoms with Crippen molar-refractivity contribution in [3.63, 3.8) is 0 Å². The predicted molar refractivity (Wildman–Crippen MR) is 61.0 cm³/mol. The average Bonchev–Trinajstić information content (AvgIpc) is 2.19. The second kappa shape index (κ2) is 6.84. The molecule has 82 valence electrons. The molecule has 1 N–H and O–H groups in total. The number of hydrogen-bond donors (Lipinski definition) is 1. The molecular weight excluding hydrogens is 172 g/mol. The Kier molecular flexibility index (Phi) is 6.57. The van der Waals surface area contributed by atoms with Gasteiger partial charge in [-0.3, -0.25) is 5.32 Å². The minimum atomic E-state index is -0.277. The number of rotatable bonds is 7. The lowest BCUT2D eigenvalue weighted by Gasteiger charge is -2.27. The second-order valence-corrected chi connectivity index (χ2v) is 4.43. The molecule has 1 atom stereocenters. The topological polar surface area (TPSA) is 35.8 Å². The highest BCUT2D eigenvalue weighted by Gasteiger charge is 2.26. The van der Waals surface area contributed by atoms with Gasteiger partial charge >= 0.3 is 0 Å². The van der Waals surface area contributed by atoms with E-state index in [-0.39, 0.29) is 5.54 Å². The molecule has 1 unspecified atom stereocenters. The molecular formula is C12H24N2. The third-order valence-corrected chi connectivity index (χ3v) is 2.62. The van der Waals surface area contributed by atoms with Gasteiger partial charge in [0.15, 0.2) is 0 Å². The standard InChI is InChI=1S/C12H24N2/c1-5-7-8-12(6-2,10-13)14-9-11(3)4/h11,14H,5-9H2,1-4H3. The molecule has 0 aromatic carbocycles. The Labute approximate surface area is 88.7 Å². The van der Waals surface area contributed by atoms with Gasteiger partial charge in [-0.2, -0.15) is 5.26 Å². The fraction of sp³-hybridized carbons (Fsp3) is 0.917. The van der Waals surface area contributed by atoms with Crippen LogP contribution in [0, 0.1) is 17.2 Å². The lowest BCUT2D eigenvalue weighted by molar-refractivity contribution is 0.343. The maximum Gasteiger partial charge on any atom is 0.106 e. The molecule has 0 aromatic rings. The maximum atomic E-state index is 9.20. The fourth-order valence-corrected chi connectivity index (χ4v) is 1.44. The molecule has 0 aliphatic carbocycles. The zero-order chi connectivity index (χ0) is 11.0. The molecule has 14 heavy (non-hydrogen) atoms. The van der Waals surface area contributed by atoms with E-state index in [1.165, 1.54) is 0 Å². The van der Waals surface area contributed by atoms with Gasteiger partial charge in [-0.25, -0.2) is 0 Å². The van der Waals surface area contributed by atoms with Crippen molar-refractivity contribution in [1.29, 1.82) is 5.26 Å². The van der Waals surface area contributed by atoms with Gasteiger partial charge in [-0.1, -0.05) is 40.5 Å². The molecule has 0 heterocycles. The van der Waals surface area contributed by atoms with Crippen LogP contribution in [0.3, 0.4) is 0 Å². The first-order valence-electron chi connectivity index (χ1n) is 5.76. The van der Waals surface area contributed by atoms with Crippen molar-refractivity contribution < 1.29 is 0 Å². The quantitative estimate of drug-likeness (QED) is 0.679. The summed E-state index contributed by atoms with van der Waals surface area (Å²) in [5.74, 6) is 0.607. The van der Waals surface area contributed by atoms with E-state index in [4.69, 9.17) is 0 Å². The van der Waals surface area contributed by atoms with Crippen LogP contribution in [-0.4, -0.2) is 12.1 Å². The molecule has 0 spiro atoms. The van der Waals surface area contributed by atoms with Crippen molar-refractivity contribution in [3.8, 4) is 6.07 Å². The number of hydrogen-bond acceptors (Lipinski definition) is 2. The molecule has 0 bridgehead atoms. The lowest BCUT2D eigenvalue weighted by atomic mass is 9.91. The van der Waals surface area contributed by atoms with Gasteiger partial charge in [0.2, 0.25) is 0 Å². The molecule has 0 amide bonds. The van der Waals surface area contributed by atoms with Gasteiger partial charge in [0.05, 0.1) is 6.07 Å². The van der Waals surface area contributed by atoms with E-state index in [0.717, 1.165) is 32.2 Å². The Morgan fingerprint density at radius 2 is 2.00 bits per heavy atom. The first-order chi connectivity index (χ1) is 6.60. The van der Waals surface area contributed by atoms with Crippen molar-refractivity contribution in [3.05, 3.63) is 0 Å². The first-order valence-corrected chi connectivity index (χ1v) is 5.76. The third-order valence-electron chi connectivity index (χ3n) is 2.62. The normalized spacial score (nSPS) is 15.1. The van der Waals surface area contributed by atoms with Crippen LogP contribution in [0.1, 0.15) is 53.4 Å². The van der Waals surface area contributed by atoms with Gasteiger partial charge in [0, 0.05) is 0 Å². The van der Waals surface area contributed by atoms with E-state index < -0.39 is 0 Å². The summed E-state index contributed by atoms with van der Waals surface area (Å²) in [6.07, 6.45) is 4.17. The first kappa shape index (κ1) is 13.4. The Hall–Kier alpha value is -0.550. The molecule has 0 aliphatic rings. The summed E-state index contributed by atoms with van der Waals surface area (Å²) >= 11 is 0. The minimum absolute atomic E-state index is 0.277. The van der Waals surface area contributed by atoms with Crippen molar-refractivity contribution in [2.75, 3.05) is 6.54 Å². The Morgan fingerprint density at radius 3 is 2.36 bits per heavy atom. The Bertz CT molecular complexity index is 181. The van der Waals surface area contributed by atoms with Gasteiger partial charge < -0.3 is 0 Å². The predicted octanol–water partition coefficient (Wildman–Crippen LogP) is 3.09. The molecule has 0 saturated heterocycles. The summed E-state index contributed by atoms with van der Waals surface area (Å²) in [6, 6.07) is 2.44. The monoisotopic (exact) mass is 196 g/mol. The maximum absolute atomic E-state index is 9.20. The Balaban J connectivity index is 4.16. The van der Waals surface area contributed by atoms with E-state index in [1.807, 2.05) is 0 Å². The van der Waals surface area contributed by atoms with Crippen LogP contribution < -0.4 is 5.32 Å². The highest BCUT2D eigenvalue weighted by atomic mass is 15.0. The molecule has 0 radical (unpaired) electrons. The SMILES string of the molecule is CCCCC(C#N)(CC)NCC(C)C. The van der Waals surface area contributed by atoms with Crippen molar-refractivity contribution in [2.45, 2.75) is 58.9 Å². The van der Waals surface area contributed by atoms with E-state index in [2.05, 4.69) is 39.1 Å². The largest absolute Gasteiger partial charge is 0.299 e. The Morgan fingerprint density at radius 1 is 1.36 bits per heavy atom. The van der Waals surface area contributed by atoms with Crippen molar-refractivity contribution in [1.82, 2.24) is 5.32 Å². The van der Waals surface area contributed by atoms with Gasteiger partial charge in [-0.05, 0) is 25.3 Å². The number of nitrogens with zero attached hydrogens (tertiary/aromatic N) is 1. The van der Waals surface area contributed by atoms with E-state index in [9.17, 15) is 5.26 Å². The molecule has 0 saturated carbocycles. The average molecular weight is 196 g/mol. The molecule has 0 rings (SSSR count). The number of nitriles is 1. The number of unbranched alkanes of at least 4 members (excludes halogenated alkanes) is 1. The molecule has 0 aliphatic heterocycles. The summed E-state index contributed by atoms with van der Waals surface area (Å²) in [6.45, 7) is 9.53. The summed E-state index contributed by atoms with van der Waals surface area (Å²) in [7, 11) is 0. The van der Waals surface area contributed by atoms with Gasteiger partial charge in [0.25, 0.3) is 0 Å². The molecule has 0 aromatic heterocycles. The zero-order valence-corrected chi connectivity index (χ0v) is 10.1. The summed E-state index contributed by atoms with van der Waals surface area (Å²) < 4.78 is 0. The van der Waals surface area contributed by atoms with E-state index in [1.54, 1.807) is 0 Å². The minimum Gasteiger partial charge on any atom is -0.299 e. The summed E-state index contributed by atoms with van der Waals surface area (Å²) in [4.78, 5) is 0. The van der Waals surface area contributed by atoms with Gasteiger partial charge in [-0.15, -0.1) is 0 Å². The summed E-state index contributed by atoms with van der Waals surface area (Å²) in [5, 5.41) is 12.6. The molecule has 2 heteroatoms. The van der Waals surface area contributed by atoms with Crippen LogP contribution in [0.2, 0.25) is 0 Å². The highest BCUT2D eigenvalue weighted by molar-refractivity contribution is 5.06. The van der Waals surface area contributed by atoms with Crippen LogP contribution in [0.4, 0.5) is 0 Å². The van der Waals surface area contributed by atoms with Crippen LogP contribution in [0.5, 0.6) is 0 Å². The van der Waals surface area contributed by atoms with Crippen LogP contribution in [0.25, 0.3) is 0 Å². The van der Waals surface area contributed by atoms with Crippen LogP contribution in [0.15, 0.2) is 0 Å². The zero-order valence-electron chi connectivity index (χ0n) is 10.1. The smallest absolute Gasteiger partial charge is 0.106 e. The van der Waals surface area contributed by atoms with Crippen LogP contribution >= 0.6 is 0 Å². The molecule has 0 fully saturated rings. The third kappa shape index (κ3) is 4.62. The number of nitrogens with one attached hydrogen (secondary N) is 1. The lowest BCUT2D eigenvalue weighted by Crippen LogP contribution is -2.45. The van der Waals surface area contributed by atoms with Crippen LogP contribution in [-0.2, 0) is 0 Å². The van der Waals surface area contributed by atoms with E-state index in [0.29, 0.717) is 5.92 Å². The van der Waals surface area contributed by atoms with Gasteiger partial charge in [0.1, 0.15) is 5.54 Å². The van der Waals surface area contributed by atoms with Crippen molar-refractivity contribution in [2.24, 2.45) is 5.92 Å². The highest BCUT2D eigenvalue weighted by Crippen LogP contribution is 2.18. The van der Waals surface area contributed by atoms with Crippen molar-refractivity contribution >= 4 is 0 Å². The fourth-order valence-electron chi connectivity index (χ4n) is 1.44. The van der Waals surface area contributed by atoms with E-state index >= 15 is 0 Å². The summed E-state index contributed by atoms with van der Waals surface area (Å²) in [5.41, 5.74) is -0.277. The molecule has 2 nitrogen and oxygen atoms in total.